The van der Waals surface area contributed by atoms with Crippen molar-refractivity contribution in [1.29, 1.82) is 0 Å². The molecule has 3 rings (SSSR count). The van der Waals surface area contributed by atoms with Crippen LogP contribution in [0.1, 0.15) is 10.4 Å². The first-order valence-electron chi connectivity index (χ1n) is 6.39. The van der Waals surface area contributed by atoms with Crippen LogP contribution < -0.4 is 5.73 Å². The highest BCUT2D eigenvalue weighted by Crippen LogP contribution is 2.29. The quantitative estimate of drug-likeness (QED) is 0.455. The van der Waals surface area contributed by atoms with E-state index in [2.05, 4.69) is 9.97 Å². The molecule has 1 aromatic heterocycles. The number of aldehydes is 1. The number of rotatable bonds is 3. The summed E-state index contributed by atoms with van der Waals surface area (Å²) in [5, 5.41) is 2.83. The van der Waals surface area contributed by atoms with Gasteiger partial charge in [-0.2, -0.15) is 0 Å². The molecule has 0 atom stereocenters. The van der Waals surface area contributed by atoms with Crippen LogP contribution in [0.3, 0.4) is 0 Å². The van der Waals surface area contributed by atoms with Crippen molar-refractivity contribution in [2.75, 3.05) is 12.0 Å². The molecule has 0 bridgehead atoms. The van der Waals surface area contributed by atoms with Crippen LogP contribution in [0.4, 0.5) is 5.95 Å². The molecule has 0 fully saturated rings. The Balaban J connectivity index is 2.26. The molecule has 0 aliphatic heterocycles. The highest BCUT2D eigenvalue weighted by molar-refractivity contribution is 7.98. The lowest BCUT2D eigenvalue weighted by Gasteiger charge is -2.09. The minimum Gasteiger partial charge on any atom is -0.368 e. The Morgan fingerprint density at radius 3 is 2.57 bits per heavy atom. The predicted octanol–water partition coefficient (Wildman–Crippen LogP) is 3.41. The van der Waals surface area contributed by atoms with Gasteiger partial charge in [0.05, 0.1) is 11.3 Å². The third kappa shape index (κ3) is 2.48. The molecule has 0 saturated heterocycles. The largest absolute Gasteiger partial charge is 0.368 e. The van der Waals surface area contributed by atoms with E-state index in [1.54, 1.807) is 0 Å². The minimum atomic E-state index is 0.174. The van der Waals surface area contributed by atoms with Gasteiger partial charge in [-0.15, -0.1) is 11.8 Å². The van der Waals surface area contributed by atoms with Gasteiger partial charge in [-0.1, -0.05) is 36.4 Å². The van der Waals surface area contributed by atoms with Gasteiger partial charge in [0.15, 0.2) is 6.29 Å². The molecule has 0 saturated carbocycles. The van der Waals surface area contributed by atoms with Gasteiger partial charge < -0.3 is 5.73 Å². The van der Waals surface area contributed by atoms with Gasteiger partial charge in [0.1, 0.15) is 5.03 Å². The molecule has 0 radical (unpaired) electrons. The Kier molecular flexibility index (Phi) is 3.58. The smallest absolute Gasteiger partial charge is 0.221 e. The molecule has 21 heavy (non-hydrogen) atoms. The van der Waals surface area contributed by atoms with Crippen molar-refractivity contribution in [2.45, 2.75) is 5.03 Å². The lowest BCUT2D eigenvalue weighted by atomic mass is 10.0. The monoisotopic (exact) mass is 295 g/mol. The standard InChI is InChI=1S/C16H13N3OS/c1-21-15-13(9-20)14(18-16(17)19-15)12-7-6-10-4-2-3-5-11(10)8-12/h2-9H,1H3,(H2,17,18,19). The fraction of sp³-hybridized carbons (Fsp3) is 0.0625. The van der Waals surface area contributed by atoms with Crippen LogP contribution in [-0.4, -0.2) is 22.5 Å². The molecule has 0 aliphatic carbocycles. The van der Waals surface area contributed by atoms with E-state index in [-0.39, 0.29) is 5.95 Å². The van der Waals surface area contributed by atoms with Crippen molar-refractivity contribution in [1.82, 2.24) is 9.97 Å². The van der Waals surface area contributed by atoms with Gasteiger partial charge in [0, 0.05) is 5.56 Å². The van der Waals surface area contributed by atoms with Crippen LogP contribution in [0.15, 0.2) is 47.5 Å². The van der Waals surface area contributed by atoms with Crippen LogP contribution in [-0.2, 0) is 0 Å². The molecule has 5 heteroatoms. The number of carbonyl (C=O) groups is 1. The van der Waals surface area contributed by atoms with Gasteiger partial charge in [0.25, 0.3) is 0 Å². The van der Waals surface area contributed by atoms with E-state index in [1.807, 2.05) is 48.7 Å². The van der Waals surface area contributed by atoms with Crippen LogP contribution in [0.2, 0.25) is 0 Å². The Morgan fingerprint density at radius 1 is 1.10 bits per heavy atom. The second-order valence-electron chi connectivity index (χ2n) is 4.53. The second kappa shape index (κ2) is 5.54. The first kappa shape index (κ1) is 13.6. The average molecular weight is 295 g/mol. The number of anilines is 1. The number of thioether (sulfide) groups is 1. The lowest BCUT2D eigenvalue weighted by Crippen LogP contribution is -2.03. The van der Waals surface area contributed by atoms with Crippen molar-refractivity contribution in [3.05, 3.63) is 48.0 Å². The molecule has 3 aromatic rings. The fourth-order valence-corrected chi connectivity index (χ4v) is 2.83. The summed E-state index contributed by atoms with van der Waals surface area (Å²) in [6.45, 7) is 0. The van der Waals surface area contributed by atoms with E-state index in [9.17, 15) is 4.79 Å². The summed E-state index contributed by atoms with van der Waals surface area (Å²) in [6.07, 6.45) is 2.65. The van der Waals surface area contributed by atoms with Crippen molar-refractivity contribution in [3.63, 3.8) is 0 Å². The molecule has 2 aromatic carbocycles. The number of hydrogen-bond donors (Lipinski definition) is 1. The Hall–Kier alpha value is -2.40. The van der Waals surface area contributed by atoms with Gasteiger partial charge in [-0.05, 0) is 23.1 Å². The highest BCUT2D eigenvalue weighted by atomic mass is 32.2. The summed E-state index contributed by atoms with van der Waals surface area (Å²) in [6, 6.07) is 14.0. The number of hydrogen-bond acceptors (Lipinski definition) is 5. The molecule has 104 valence electrons. The average Bonchev–Trinajstić information content (AvgIpc) is 2.53. The number of fused-ring (bicyclic) bond motifs is 1. The van der Waals surface area contributed by atoms with Crippen molar-refractivity contribution >= 4 is 34.8 Å². The second-order valence-corrected chi connectivity index (χ2v) is 5.33. The number of carbonyl (C=O) groups excluding carboxylic acids is 1. The molecule has 0 amide bonds. The zero-order valence-electron chi connectivity index (χ0n) is 11.4. The van der Waals surface area contributed by atoms with E-state index in [0.29, 0.717) is 16.3 Å². The maximum Gasteiger partial charge on any atom is 0.221 e. The van der Waals surface area contributed by atoms with Gasteiger partial charge in [-0.25, -0.2) is 9.97 Å². The van der Waals surface area contributed by atoms with Gasteiger partial charge in [-0.3, -0.25) is 4.79 Å². The summed E-state index contributed by atoms with van der Waals surface area (Å²) < 4.78 is 0. The number of nitrogen functional groups attached to an aromatic ring is 1. The lowest BCUT2D eigenvalue weighted by molar-refractivity contribution is 0.112. The zero-order chi connectivity index (χ0) is 14.8. The first-order chi connectivity index (χ1) is 10.2. The first-order valence-corrected chi connectivity index (χ1v) is 7.61. The number of aromatic nitrogens is 2. The number of nitrogens with two attached hydrogens (primary N) is 1. The Morgan fingerprint density at radius 2 is 1.86 bits per heavy atom. The molecular formula is C16H13N3OS. The molecule has 4 nitrogen and oxygen atoms in total. The van der Waals surface area contributed by atoms with Crippen molar-refractivity contribution in [3.8, 4) is 11.3 Å². The summed E-state index contributed by atoms with van der Waals surface area (Å²) >= 11 is 1.38. The van der Waals surface area contributed by atoms with Crippen molar-refractivity contribution in [2.24, 2.45) is 0 Å². The highest BCUT2D eigenvalue weighted by Gasteiger charge is 2.14. The molecule has 0 aliphatic rings. The topological polar surface area (TPSA) is 68.9 Å². The third-order valence-electron chi connectivity index (χ3n) is 3.26. The van der Waals surface area contributed by atoms with Crippen LogP contribution >= 0.6 is 11.8 Å². The van der Waals surface area contributed by atoms with Crippen LogP contribution in [0.5, 0.6) is 0 Å². The minimum absolute atomic E-state index is 0.174. The summed E-state index contributed by atoms with van der Waals surface area (Å²) in [4.78, 5) is 19.8. The molecule has 2 N–H and O–H groups in total. The number of benzene rings is 2. The third-order valence-corrected chi connectivity index (χ3v) is 3.96. The zero-order valence-corrected chi connectivity index (χ0v) is 12.2. The predicted molar refractivity (Wildman–Crippen MR) is 86.6 cm³/mol. The Bertz CT molecular complexity index is 833. The van der Waals surface area contributed by atoms with E-state index in [0.717, 1.165) is 22.6 Å². The van der Waals surface area contributed by atoms with E-state index >= 15 is 0 Å². The molecule has 0 spiro atoms. The SMILES string of the molecule is CSc1nc(N)nc(-c2ccc3ccccc3c2)c1C=O. The maximum absolute atomic E-state index is 11.4. The van der Waals surface area contributed by atoms with Crippen molar-refractivity contribution < 1.29 is 4.79 Å². The van der Waals surface area contributed by atoms with Crippen LogP contribution in [0, 0.1) is 0 Å². The van der Waals surface area contributed by atoms with E-state index in [4.69, 9.17) is 5.73 Å². The summed E-state index contributed by atoms with van der Waals surface area (Å²) in [7, 11) is 0. The van der Waals surface area contributed by atoms with Gasteiger partial charge in [0.2, 0.25) is 5.95 Å². The van der Waals surface area contributed by atoms with Crippen LogP contribution in [0.25, 0.3) is 22.0 Å². The maximum atomic E-state index is 11.4. The molecule has 1 heterocycles. The Labute approximate surface area is 126 Å². The number of nitrogens with zero attached hydrogens (tertiary/aromatic N) is 2. The van der Waals surface area contributed by atoms with E-state index < -0.39 is 0 Å². The normalized spacial score (nSPS) is 10.7. The molecular weight excluding hydrogens is 282 g/mol. The molecule has 0 unspecified atom stereocenters. The fourth-order valence-electron chi connectivity index (χ4n) is 2.28. The summed E-state index contributed by atoms with van der Waals surface area (Å²) in [5.74, 6) is 0.174. The van der Waals surface area contributed by atoms with Gasteiger partial charge >= 0.3 is 0 Å². The summed E-state index contributed by atoms with van der Waals surface area (Å²) in [5.41, 5.74) is 7.67. The van der Waals surface area contributed by atoms with E-state index in [1.165, 1.54) is 11.8 Å².